The number of hydroxylamine groups is 2. The van der Waals surface area contributed by atoms with Crippen LogP contribution in [0.1, 0.15) is 71.6 Å². The van der Waals surface area contributed by atoms with Crippen molar-refractivity contribution in [2.24, 2.45) is 40.4 Å². The molecule has 1 aliphatic heterocycles. The SMILES string of the molecule is CN1CCCC1ON(C(=CC(=O)O)C(=O)O)C1CC[C@@]2(C)C(C1)[C@@H](CO)C(=O)[C@@H]1[C@@H]2CC[C@]2(C)C(=O)CC[C@@H]12. The lowest BCUT2D eigenvalue weighted by Gasteiger charge is -2.61. The number of Topliss-reactive ketones (excluding diaryl/α,β-unsaturated/α-hetero) is 2. The molecule has 0 spiro atoms. The third-order valence-corrected chi connectivity index (χ3v) is 11.3. The second kappa shape index (κ2) is 10.3. The molecule has 4 saturated carbocycles. The van der Waals surface area contributed by atoms with Crippen LogP contribution in [0.4, 0.5) is 0 Å². The van der Waals surface area contributed by atoms with Gasteiger partial charge in [-0.1, -0.05) is 13.8 Å². The van der Waals surface area contributed by atoms with Gasteiger partial charge in [0.25, 0.3) is 0 Å². The van der Waals surface area contributed by atoms with Crippen molar-refractivity contribution in [2.45, 2.75) is 83.9 Å². The van der Waals surface area contributed by atoms with Crippen molar-refractivity contribution in [1.29, 1.82) is 0 Å². The number of nitrogens with zero attached hydrogens (tertiary/aromatic N) is 2. The Morgan fingerprint density at radius 2 is 1.82 bits per heavy atom. The Morgan fingerprint density at radius 1 is 1.08 bits per heavy atom. The first-order valence-corrected chi connectivity index (χ1v) is 14.4. The van der Waals surface area contributed by atoms with Crippen LogP contribution in [-0.4, -0.2) is 81.3 Å². The number of hydrogen-bond donors (Lipinski definition) is 3. The average molecular weight is 547 g/mol. The van der Waals surface area contributed by atoms with Gasteiger partial charge in [-0.05, 0) is 81.6 Å². The molecule has 1 saturated heterocycles. The second-order valence-corrected chi connectivity index (χ2v) is 13.1. The van der Waals surface area contributed by atoms with E-state index in [2.05, 4.69) is 6.92 Å². The van der Waals surface area contributed by atoms with Crippen molar-refractivity contribution >= 4 is 23.5 Å². The van der Waals surface area contributed by atoms with Crippen LogP contribution in [0.2, 0.25) is 0 Å². The minimum atomic E-state index is -1.39. The Bertz CT molecular complexity index is 1080. The van der Waals surface area contributed by atoms with Gasteiger partial charge in [0.2, 0.25) is 0 Å². The first-order valence-electron chi connectivity index (χ1n) is 14.4. The highest BCUT2D eigenvalue weighted by molar-refractivity contribution is 5.94. The highest BCUT2D eigenvalue weighted by Crippen LogP contribution is 2.66. The summed E-state index contributed by atoms with van der Waals surface area (Å²) in [6.45, 7) is 4.73. The summed E-state index contributed by atoms with van der Waals surface area (Å²) in [6, 6.07) is -0.459. The average Bonchev–Trinajstić information content (AvgIpc) is 3.43. The molecule has 1 heterocycles. The maximum Gasteiger partial charge on any atom is 0.354 e. The van der Waals surface area contributed by atoms with Gasteiger partial charge >= 0.3 is 11.9 Å². The van der Waals surface area contributed by atoms with Crippen LogP contribution in [0.3, 0.4) is 0 Å². The van der Waals surface area contributed by atoms with Crippen molar-refractivity contribution in [3.63, 3.8) is 0 Å². The van der Waals surface area contributed by atoms with E-state index in [-0.39, 0.29) is 53.5 Å². The molecule has 0 radical (unpaired) electrons. The van der Waals surface area contributed by atoms with Gasteiger partial charge in [-0.2, -0.15) is 0 Å². The van der Waals surface area contributed by atoms with Crippen molar-refractivity contribution in [1.82, 2.24) is 9.96 Å². The van der Waals surface area contributed by atoms with Crippen molar-refractivity contribution in [2.75, 3.05) is 20.2 Å². The molecule has 5 fully saturated rings. The smallest absolute Gasteiger partial charge is 0.354 e. The number of fused-ring (bicyclic) bond motifs is 5. The van der Waals surface area contributed by atoms with E-state index in [1.807, 2.05) is 18.9 Å². The van der Waals surface area contributed by atoms with Crippen LogP contribution in [0, 0.1) is 40.4 Å². The van der Waals surface area contributed by atoms with Crippen LogP contribution in [0.15, 0.2) is 11.8 Å². The predicted octanol–water partition coefficient (Wildman–Crippen LogP) is 2.70. The van der Waals surface area contributed by atoms with Crippen LogP contribution in [-0.2, 0) is 24.0 Å². The van der Waals surface area contributed by atoms with E-state index in [9.17, 15) is 34.5 Å². The van der Waals surface area contributed by atoms with Crippen molar-refractivity contribution < 1.29 is 39.3 Å². The highest BCUT2D eigenvalue weighted by Gasteiger charge is 2.65. The van der Waals surface area contributed by atoms with Gasteiger partial charge in [-0.25, -0.2) is 14.7 Å². The Balaban J connectivity index is 1.47. The van der Waals surface area contributed by atoms with Gasteiger partial charge in [-0.15, -0.1) is 0 Å². The molecular weight excluding hydrogens is 504 g/mol. The minimum absolute atomic E-state index is 0.00986. The fraction of sp³-hybridized carbons (Fsp3) is 0.793. The number of aliphatic carboxylic acids is 2. The molecular formula is C29H42N2O8. The van der Waals surface area contributed by atoms with Crippen LogP contribution < -0.4 is 0 Å². The minimum Gasteiger partial charge on any atom is -0.478 e. The maximum absolute atomic E-state index is 14.1. The topological polar surface area (TPSA) is 145 Å². The van der Waals surface area contributed by atoms with E-state index < -0.39 is 35.0 Å². The number of hydrogen-bond acceptors (Lipinski definition) is 8. The Morgan fingerprint density at radius 3 is 2.44 bits per heavy atom. The van der Waals surface area contributed by atoms with E-state index >= 15 is 0 Å². The lowest BCUT2D eigenvalue weighted by molar-refractivity contribution is -0.245. The first kappa shape index (κ1) is 28.2. The summed E-state index contributed by atoms with van der Waals surface area (Å²) in [7, 11) is 1.89. The van der Waals surface area contributed by atoms with Crippen molar-refractivity contribution in [3.05, 3.63) is 11.8 Å². The van der Waals surface area contributed by atoms with Gasteiger partial charge in [0.1, 0.15) is 17.8 Å². The number of carbonyl (C=O) groups excluding carboxylic acids is 2. The molecule has 39 heavy (non-hydrogen) atoms. The molecule has 216 valence electrons. The lowest BCUT2D eigenvalue weighted by Crippen LogP contribution is -2.62. The normalized spacial score (nSPS) is 42.6. The maximum atomic E-state index is 14.1. The number of rotatable bonds is 7. The highest BCUT2D eigenvalue weighted by atomic mass is 16.7. The molecule has 10 heteroatoms. The molecule has 9 atom stereocenters. The van der Waals surface area contributed by atoms with E-state index in [4.69, 9.17) is 4.84 Å². The molecule has 5 aliphatic rings. The summed E-state index contributed by atoms with van der Waals surface area (Å²) in [4.78, 5) is 59.0. The Hall–Kier alpha value is -2.30. The Labute approximate surface area is 229 Å². The molecule has 3 unspecified atom stereocenters. The number of aliphatic hydroxyl groups excluding tert-OH is 1. The van der Waals surface area contributed by atoms with Gasteiger partial charge in [0, 0.05) is 30.2 Å². The molecule has 0 aromatic rings. The Kier molecular flexibility index (Phi) is 7.43. The van der Waals surface area contributed by atoms with Gasteiger partial charge in [0.05, 0.1) is 18.7 Å². The number of aliphatic hydroxyl groups is 1. The monoisotopic (exact) mass is 546 g/mol. The van der Waals surface area contributed by atoms with Gasteiger partial charge in [-0.3, -0.25) is 19.3 Å². The third-order valence-electron chi connectivity index (χ3n) is 11.3. The zero-order chi connectivity index (χ0) is 28.3. The van der Waals surface area contributed by atoms with Gasteiger partial charge < -0.3 is 15.3 Å². The van der Waals surface area contributed by atoms with Crippen LogP contribution >= 0.6 is 0 Å². The molecule has 5 rings (SSSR count). The number of likely N-dealkylation sites (tertiary alicyclic amines) is 1. The molecule has 10 nitrogen and oxygen atoms in total. The standard InChI is InChI=1S/C29H42N2O8/c1-28-10-8-16(31(21(27(37)38)14-24(34)35)39-23-5-4-12-30(23)3)13-20(28)17(15-32)26(36)25-18-6-7-22(33)29(18,2)11-9-19(25)28/h14,16-20,23,25,32H,4-13,15H2,1-3H3,(H,34,35)(H,37,38)/t16?,17-,18+,19+,20?,23?,25+,28-,29+/m1/s1. The predicted molar refractivity (Wildman–Crippen MR) is 139 cm³/mol. The summed E-state index contributed by atoms with van der Waals surface area (Å²) >= 11 is 0. The van der Waals surface area contributed by atoms with Gasteiger partial charge in [0.15, 0.2) is 5.70 Å². The fourth-order valence-electron chi connectivity index (χ4n) is 9.17. The third kappa shape index (κ3) is 4.52. The molecule has 3 N–H and O–H groups in total. The second-order valence-electron chi connectivity index (χ2n) is 13.1. The van der Waals surface area contributed by atoms with E-state index in [0.717, 1.165) is 32.2 Å². The molecule has 0 aromatic heterocycles. The zero-order valence-corrected chi connectivity index (χ0v) is 23.2. The van der Waals surface area contributed by atoms with E-state index in [1.54, 1.807) is 0 Å². The fourth-order valence-corrected chi connectivity index (χ4v) is 9.17. The number of carbonyl (C=O) groups is 4. The quantitative estimate of drug-likeness (QED) is 0.322. The van der Waals surface area contributed by atoms with Crippen LogP contribution in [0.25, 0.3) is 0 Å². The summed E-state index contributed by atoms with van der Waals surface area (Å²) < 4.78 is 0. The summed E-state index contributed by atoms with van der Waals surface area (Å²) in [5.74, 6) is -3.41. The number of ketones is 2. The summed E-state index contributed by atoms with van der Waals surface area (Å²) in [6.07, 6.45) is 6.37. The first-order chi connectivity index (χ1) is 18.4. The molecule has 0 aromatic carbocycles. The van der Waals surface area contributed by atoms with E-state index in [1.165, 1.54) is 5.06 Å². The molecule has 0 bridgehead atoms. The van der Waals surface area contributed by atoms with E-state index in [0.29, 0.717) is 38.2 Å². The molecule has 4 aliphatic carbocycles. The number of carboxylic acid groups (broad SMARTS) is 2. The lowest BCUT2D eigenvalue weighted by atomic mass is 9.42. The summed E-state index contributed by atoms with van der Waals surface area (Å²) in [5.41, 5.74) is -1.16. The zero-order valence-electron chi connectivity index (χ0n) is 23.2. The van der Waals surface area contributed by atoms with Crippen molar-refractivity contribution in [3.8, 4) is 0 Å². The summed E-state index contributed by atoms with van der Waals surface area (Å²) in [5, 5.41) is 31.3. The van der Waals surface area contributed by atoms with Crippen LogP contribution in [0.5, 0.6) is 0 Å². The largest absolute Gasteiger partial charge is 0.478 e. The molecule has 0 amide bonds. The number of carboxylic acids is 2.